The number of piperidine rings is 1. The molecule has 1 amide bonds. The van der Waals surface area contributed by atoms with Crippen LogP contribution in [0.3, 0.4) is 0 Å². The van der Waals surface area contributed by atoms with Crippen LogP contribution in [0.1, 0.15) is 37.7 Å². The van der Waals surface area contributed by atoms with Crippen LogP contribution in [0.25, 0.3) is 0 Å². The van der Waals surface area contributed by atoms with Gasteiger partial charge in [-0.05, 0) is 49.8 Å². The molecule has 2 heterocycles. The van der Waals surface area contributed by atoms with Gasteiger partial charge in [-0.2, -0.15) is 13.2 Å². The SMILES string of the molecule is Cl.O=C(CC1CC2CCC(C1)N2)Nc1cc(Br)cc(C(F)(F)F)c1. The van der Waals surface area contributed by atoms with Crippen LogP contribution < -0.4 is 10.6 Å². The van der Waals surface area contributed by atoms with Gasteiger partial charge in [-0.25, -0.2) is 0 Å². The van der Waals surface area contributed by atoms with Crippen molar-refractivity contribution in [2.24, 2.45) is 5.92 Å². The molecule has 3 nitrogen and oxygen atoms in total. The number of hydrogen-bond acceptors (Lipinski definition) is 2. The van der Waals surface area contributed by atoms with Gasteiger partial charge >= 0.3 is 6.18 Å². The van der Waals surface area contributed by atoms with Gasteiger partial charge in [0.25, 0.3) is 0 Å². The molecule has 2 saturated heterocycles. The third-order valence-electron chi connectivity index (χ3n) is 4.55. The first-order chi connectivity index (χ1) is 10.8. The second-order valence-electron chi connectivity index (χ2n) is 6.45. The molecule has 2 aliphatic rings. The van der Waals surface area contributed by atoms with Gasteiger partial charge in [-0.15, -0.1) is 12.4 Å². The topological polar surface area (TPSA) is 41.1 Å². The molecule has 24 heavy (non-hydrogen) atoms. The van der Waals surface area contributed by atoms with Crippen molar-refractivity contribution in [2.45, 2.75) is 50.4 Å². The van der Waals surface area contributed by atoms with E-state index in [0.717, 1.165) is 37.8 Å². The minimum Gasteiger partial charge on any atom is -0.326 e. The normalized spacial score (nSPS) is 25.9. The molecule has 2 aliphatic heterocycles. The Hall–Kier alpha value is -0.790. The van der Waals surface area contributed by atoms with Crippen LogP contribution in [0.15, 0.2) is 22.7 Å². The van der Waals surface area contributed by atoms with Gasteiger partial charge < -0.3 is 10.6 Å². The molecular weight excluding hydrogens is 409 g/mol. The van der Waals surface area contributed by atoms with Gasteiger partial charge in [-0.3, -0.25) is 4.79 Å². The van der Waals surface area contributed by atoms with Crippen LogP contribution in [-0.2, 0) is 11.0 Å². The van der Waals surface area contributed by atoms with E-state index in [9.17, 15) is 18.0 Å². The second-order valence-corrected chi connectivity index (χ2v) is 7.37. The summed E-state index contributed by atoms with van der Waals surface area (Å²) >= 11 is 3.06. The summed E-state index contributed by atoms with van der Waals surface area (Å²) < 4.78 is 38.7. The van der Waals surface area contributed by atoms with Gasteiger partial charge in [0.2, 0.25) is 5.91 Å². The van der Waals surface area contributed by atoms with Crippen molar-refractivity contribution in [3.8, 4) is 0 Å². The maximum Gasteiger partial charge on any atom is 0.416 e. The van der Waals surface area contributed by atoms with E-state index in [2.05, 4.69) is 26.6 Å². The Morgan fingerprint density at radius 3 is 2.42 bits per heavy atom. The van der Waals surface area contributed by atoms with Crippen molar-refractivity contribution in [3.63, 3.8) is 0 Å². The zero-order valence-corrected chi connectivity index (χ0v) is 15.2. The number of hydrogen-bond donors (Lipinski definition) is 2. The summed E-state index contributed by atoms with van der Waals surface area (Å²) in [6.45, 7) is 0. The van der Waals surface area contributed by atoms with E-state index in [4.69, 9.17) is 0 Å². The van der Waals surface area contributed by atoms with E-state index in [-0.39, 0.29) is 24.0 Å². The standard InChI is InChI=1S/C16H18BrF3N2O.ClH/c17-11-6-10(16(18,19)20)7-14(8-11)22-15(23)5-9-3-12-1-2-13(4-9)21-12;/h6-9,12-13,21H,1-5H2,(H,22,23);1H. The van der Waals surface area contributed by atoms with E-state index in [0.29, 0.717) is 28.9 Å². The number of benzene rings is 1. The summed E-state index contributed by atoms with van der Waals surface area (Å²) in [4.78, 5) is 12.2. The number of fused-ring (bicyclic) bond motifs is 2. The molecule has 0 spiro atoms. The maximum atomic E-state index is 12.8. The third-order valence-corrected chi connectivity index (χ3v) is 5.01. The van der Waals surface area contributed by atoms with Crippen LogP contribution in [0, 0.1) is 5.92 Å². The molecule has 0 radical (unpaired) electrons. The van der Waals surface area contributed by atoms with Crippen LogP contribution in [0.5, 0.6) is 0 Å². The van der Waals surface area contributed by atoms with Crippen LogP contribution in [0.2, 0.25) is 0 Å². The summed E-state index contributed by atoms with van der Waals surface area (Å²) in [6.07, 6.45) is 0.180. The highest BCUT2D eigenvalue weighted by molar-refractivity contribution is 9.10. The predicted molar refractivity (Wildman–Crippen MR) is 92.3 cm³/mol. The zero-order chi connectivity index (χ0) is 16.6. The van der Waals surface area contributed by atoms with Gasteiger partial charge in [0.05, 0.1) is 5.56 Å². The molecule has 8 heteroatoms. The number of carbonyl (C=O) groups is 1. The van der Waals surface area contributed by atoms with Gasteiger partial charge in [-0.1, -0.05) is 15.9 Å². The summed E-state index contributed by atoms with van der Waals surface area (Å²) in [7, 11) is 0. The molecule has 2 atom stereocenters. The predicted octanol–water partition coefficient (Wildman–Crippen LogP) is 4.75. The molecule has 2 unspecified atom stereocenters. The number of amides is 1. The van der Waals surface area contributed by atoms with Gasteiger partial charge in [0.15, 0.2) is 0 Å². The third kappa shape index (κ3) is 4.86. The van der Waals surface area contributed by atoms with Crippen LogP contribution in [0.4, 0.5) is 18.9 Å². The highest BCUT2D eigenvalue weighted by Crippen LogP contribution is 2.35. The first kappa shape index (κ1) is 19.5. The van der Waals surface area contributed by atoms with Crippen molar-refractivity contribution < 1.29 is 18.0 Å². The molecule has 2 N–H and O–H groups in total. The minimum atomic E-state index is -4.43. The Kier molecular flexibility index (Phi) is 6.20. The van der Waals surface area contributed by atoms with Crippen molar-refractivity contribution in [3.05, 3.63) is 28.2 Å². The fourth-order valence-corrected chi connectivity index (χ4v) is 4.13. The highest BCUT2D eigenvalue weighted by Gasteiger charge is 2.34. The Balaban J connectivity index is 0.00000208. The van der Waals surface area contributed by atoms with Crippen LogP contribution >= 0.6 is 28.3 Å². The average Bonchev–Trinajstić information content (AvgIpc) is 2.76. The molecule has 2 fully saturated rings. The van der Waals surface area contributed by atoms with Crippen molar-refractivity contribution >= 4 is 39.9 Å². The van der Waals surface area contributed by atoms with E-state index in [1.54, 1.807) is 0 Å². The second kappa shape index (κ2) is 7.62. The van der Waals surface area contributed by atoms with E-state index in [1.165, 1.54) is 6.07 Å². The lowest BCUT2D eigenvalue weighted by Crippen LogP contribution is -2.39. The lowest BCUT2D eigenvalue weighted by Gasteiger charge is -2.28. The number of anilines is 1. The first-order valence-corrected chi connectivity index (χ1v) is 8.52. The molecule has 3 rings (SSSR count). The quantitative estimate of drug-likeness (QED) is 0.731. The number of halogens is 5. The smallest absolute Gasteiger partial charge is 0.326 e. The molecule has 1 aromatic carbocycles. The van der Waals surface area contributed by atoms with E-state index >= 15 is 0 Å². The van der Waals surface area contributed by atoms with Gasteiger partial charge in [0, 0.05) is 28.7 Å². The minimum absolute atomic E-state index is 0. The molecule has 2 bridgehead atoms. The number of rotatable bonds is 3. The lowest BCUT2D eigenvalue weighted by molar-refractivity contribution is -0.137. The highest BCUT2D eigenvalue weighted by atomic mass is 79.9. The molecular formula is C16H19BrClF3N2O. The number of carbonyl (C=O) groups excluding carboxylic acids is 1. The van der Waals surface area contributed by atoms with Crippen LogP contribution in [-0.4, -0.2) is 18.0 Å². The first-order valence-electron chi connectivity index (χ1n) is 7.73. The largest absolute Gasteiger partial charge is 0.416 e. The zero-order valence-electron chi connectivity index (χ0n) is 12.8. The number of alkyl halides is 3. The summed E-state index contributed by atoms with van der Waals surface area (Å²) in [5.41, 5.74) is -0.601. The Bertz CT molecular complexity index is 599. The molecule has 0 aromatic heterocycles. The maximum absolute atomic E-state index is 12.8. The Morgan fingerprint density at radius 1 is 1.21 bits per heavy atom. The average molecular weight is 428 g/mol. The Labute approximate surface area is 153 Å². The fourth-order valence-electron chi connectivity index (χ4n) is 3.64. The van der Waals surface area contributed by atoms with Crippen molar-refractivity contribution in [2.75, 3.05) is 5.32 Å². The molecule has 134 valence electrons. The van der Waals surface area contributed by atoms with Gasteiger partial charge in [0.1, 0.15) is 0 Å². The van der Waals surface area contributed by atoms with Crippen molar-refractivity contribution in [1.29, 1.82) is 0 Å². The van der Waals surface area contributed by atoms with E-state index < -0.39 is 11.7 Å². The molecule has 0 saturated carbocycles. The van der Waals surface area contributed by atoms with E-state index in [1.807, 2.05) is 0 Å². The Morgan fingerprint density at radius 2 is 1.83 bits per heavy atom. The fraction of sp³-hybridized carbons (Fsp3) is 0.562. The summed E-state index contributed by atoms with van der Waals surface area (Å²) in [5, 5.41) is 6.12. The number of nitrogens with one attached hydrogen (secondary N) is 2. The summed E-state index contributed by atoms with van der Waals surface area (Å²) in [6, 6.07) is 4.44. The van der Waals surface area contributed by atoms with Crippen molar-refractivity contribution in [1.82, 2.24) is 5.32 Å². The molecule has 0 aliphatic carbocycles. The summed E-state index contributed by atoms with van der Waals surface area (Å²) in [5.74, 6) is 0.0884. The molecule has 1 aromatic rings. The lowest BCUT2D eigenvalue weighted by atomic mass is 9.89. The monoisotopic (exact) mass is 426 g/mol.